The summed E-state index contributed by atoms with van der Waals surface area (Å²) in [6, 6.07) is 8.18. The van der Waals surface area contributed by atoms with Crippen molar-refractivity contribution >= 4 is 0 Å². The van der Waals surface area contributed by atoms with E-state index in [9.17, 15) is 5.11 Å². The maximum atomic E-state index is 9.17. The van der Waals surface area contributed by atoms with Crippen molar-refractivity contribution in [2.24, 2.45) is 0 Å². The summed E-state index contributed by atoms with van der Waals surface area (Å²) >= 11 is 0. The van der Waals surface area contributed by atoms with Crippen LogP contribution in [0, 0.1) is 6.92 Å². The van der Waals surface area contributed by atoms with Gasteiger partial charge in [0.1, 0.15) is 0 Å². The molecule has 0 atom stereocenters. The van der Waals surface area contributed by atoms with Gasteiger partial charge in [-0.15, -0.1) is 0 Å². The minimum Gasteiger partial charge on any atom is -0.395 e. The van der Waals surface area contributed by atoms with Gasteiger partial charge in [-0.1, -0.05) is 72.2 Å². The van der Waals surface area contributed by atoms with Crippen LogP contribution in [0.5, 0.6) is 0 Å². The summed E-state index contributed by atoms with van der Waals surface area (Å²) in [6.45, 7) is 14.6. The molecule has 17 heavy (non-hydrogen) atoms. The minimum absolute atomic E-state index is 0.120. The Balaban J connectivity index is 0. The van der Waals surface area contributed by atoms with Gasteiger partial charge in [0.15, 0.2) is 0 Å². The maximum Gasteiger partial charge on any atom is 0.0522 e. The number of rotatable bonds is 2. The van der Waals surface area contributed by atoms with Gasteiger partial charge >= 0.3 is 0 Å². The van der Waals surface area contributed by atoms with E-state index in [2.05, 4.69) is 46.8 Å². The highest BCUT2D eigenvalue weighted by atomic mass is 16.3. The van der Waals surface area contributed by atoms with Crippen molar-refractivity contribution in [2.45, 2.75) is 60.3 Å². The van der Waals surface area contributed by atoms with Crippen LogP contribution < -0.4 is 0 Å². The predicted octanol–water partition coefficient (Wildman–Crippen LogP) is 4.71. The van der Waals surface area contributed by atoms with Gasteiger partial charge in [-0.2, -0.15) is 0 Å². The van der Waals surface area contributed by atoms with Crippen LogP contribution in [0.4, 0.5) is 0 Å². The van der Waals surface area contributed by atoms with E-state index in [1.54, 1.807) is 0 Å². The van der Waals surface area contributed by atoms with Crippen LogP contribution in [0.15, 0.2) is 24.3 Å². The van der Waals surface area contributed by atoms with Crippen molar-refractivity contribution < 1.29 is 5.11 Å². The third kappa shape index (κ3) is 7.17. The van der Waals surface area contributed by atoms with Gasteiger partial charge in [0, 0.05) is 5.41 Å². The first kappa shape index (κ1) is 18.5. The van der Waals surface area contributed by atoms with E-state index in [0.717, 1.165) is 0 Å². The molecule has 1 heteroatoms. The van der Waals surface area contributed by atoms with E-state index in [0.29, 0.717) is 0 Å². The first-order valence-corrected chi connectivity index (χ1v) is 6.66. The third-order valence-corrected chi connectivity index (χ3v) is 2.27. The summed E-state index contributed by atoms with van der Waals surface area (Å²) in [5.74, 6) is 0. The van der Waals surface area contributed by atoms with Crippen molar-refractivity contribution in [1.82, 2.24) is 0 Å². The maximum absolute atomic E-state index is 9.17. The molecule has 1 rings (SSSR count). The average Bonchev–Trinajstić information content (AvgIpc) is 2.33. The lowest BCUT2D eigenvalue weighted by atomic mass is 9.83. The first-order valence-electron chi connectivity index (χ1n) is 6.66. The lowest BCUT2D eigenvalue weighted by molar-refractivity contribution is 0.218. The van der Waals surface area contributed by atoms with Crippen LogP contribution in [0.2, 0.25) is 0 Å². The van der Waals surface area contributed by atoms with Gasteiger partial charge in [-0.3, -0.25) is 0 Å². The fourth-order valence-electron chi connectivity index (χ4n) is 1.42. The van der Waals surface area contributed by atoms with Crippen LogP contribution in [0.1, 0.15) is 59.1 Å². The van der Waals surface area contributed by atoms with Gasteiger partial charge in [0.05, 0.1) is 6.61 Å². The molecular formula is C16H30O. The molecule has 0 aromatic heterocycles. The highest BCUT2D eigenvalue weighted by Crippen LogP contribution is 2.24. The Morgan fingerprint density at radius 1 is 1.06 bits per heavy atom. The zero-order chi connectivity index (χ0) is 13.9. The normalized spacial score (nSPS) is 9.65. The minimum atomic E-state index is -0.120. The van der Waals surface area contributed by atoms with E-state index >= 15 is 0 Å². The van der Waals surface area contributed by atoms with Crippen LogP contribution in [-0.2, 0) is 5.41 Å². The Morgan fingerprint density at radius 2 is 1.47 bits per heavy atom. The van der Waals surface area contributed by atoms with E-state index in [-0.39, 0.29) is 12.0 Å². The van der Waals surface area contributed by atoms with Crippen LogP contribution in [0.3, 0.4) is 0 Å². The number of aliphatic hydroxyl groups excluding tert-OH is 1. The SMILES string of the molecule is CC.CCC.Cc1ccccc1C(C)(C)CO. The van der Waals surface area contributed by atoms with Crippen LogP contribution in [0.25, 0.3) is 0 Å². The quantitative estimate of drug-likeness (QED) is 0.791. The Labute approximate surface area is 108 Å². The molecule has 0 amide bonds. The van der Waals surface area contributed by atoms with Crippen molar-refractivity contribution in [3.05, 3.63) is 35.4 Å². The van der Waals surface area contributed by atoms with E-state index in [1.807, 2.05) is 26.0 Å². The molecule has 0 fully saturated rings. The largest absolute Gasteiger partial charge is 0.395 e. The summed E-state index contributed by atoms with van der Waals surface area (Å²) in [5.41, 5.74) is 2.36. The van der Waals surface area contributed by atoms with Gasteiger partial charge < -0.3 is 5.11 Å². The lowest BCUT2D eigenvalue weighted by Gasteiger charge is -2.24. The average molecular weight is 238 g/mol. The molecule has 0 saturated carbocycles. The van der Waals surface area contributed by atoms with Gasteiger partial charge in [0.2, 0.25) is 0 Å². The summed E-state index contributed by atoms with van der Waals surface area (Å²) in [7, 11) is 0. The molecule has 0 heterocycles. The van der Waals surface area contributed by atoms with E-state index in [1.165, 1.54) is 17.5 Å². The summed E-state index contributed by atoms with van der Waals surface area (Å²) in [6.07, 6.45) is 1.25. The number of hydrogen-bond acceptors (Lipinski definition) is 1. The smallest absolute Gasteiger partial charge is 0.0522 e. The number of benzene rings is 1. The second-order valence-corrected chi connectivity index (χ2v) is 4.56. The Kier molecular flexibility index (Phi) is 11.3. The molecule has 1 aromatic rings. The third-order valence-electron chi connectivity index (χ3n) is 2.27. The van der Waals surface area contributed by atoms with Crippen LogP contribution in [-0.4, -0.2) is 11.7 Å². The standard InChI is InChI=1S/C11H16O.C3H8.C2H6/c1-9-6-4-5-7-10(9)11(2,3)8-12;1-3-2;1-2/h4-7,12H,8H2,1-3H3;3H2,1-2H3;1-2H3. The number of hydrogen-bond donors (Lipinski definition) is 1. The number of aryl methyl sites for hydroxylation is 1. The molecule has 1 aromatic carbocycles. The molecule has 100 valence electrons. The Bertz CT molecular complexity index is 277. The molecule has 1 N–H and O–H groups in total. The molecule has 0 aliphatic heterocycles. The molecule has 0 radical (unpaired) electrons. The highest BCUT2D eigenvalue weighted by Gasteiger charge is 2.20. The molecule has 0 aliphatic carbocycles. The van der Waals surface area contributed by atoms with Crippen molar-refractivity contribution in [3.63, 3.8) is 0 Å². The summed E-state index contributed by atoms with van der Waals surface area (Å²) < 4.78 is 0. The van der Waals surface area contributed by atoms with Crippen molar-refractivity contribution in [1.29, 1.82) is 0 Å². The monoisotopic (exact) mass is 238 g/mol. The topological polar surface area (TPSA) is 20.2 Å². The van der Waals surface area contributed by atoms with Crippen LogP contribution >= 0.6 is 0 Å². The highest BCUT2D eigenvalue weighted by molar-refractivity contribution is 5.32. The second kappa shape index (κ2) is 10.3. The second-order valence-electron chi connectivity index (χ2n) is 4.56. The molecule has 0 saturated heterocycles. The fourth-order valence-corrected chi connectivity index (χ4v) is 1.42. The van der Waals surface area contributed by atoms with Crippen molar-refractivity contribution in [3.8, 4) is 0 Å². The molecular weight excluding hydrogens is 208 g/mol. The summed E-state index contributed by atoms with van der Waals surface area (Å²) in [5, 5.41) is 9.17. The molecule has 0 bridgehead atoms. The fraction of sp³-hybridized carbons (Fsp3) is 0.625. The molecule has 0 spiro atoms. The Morgan fingerprint density at radius 3 is 1.82 bits per heavy atom. The van der Waals surface area contributed by atoms with Gasteiger partial charge in [-0.05, 0) is 18.1 Å². The summed E-state index contributed by atoms with van der Waals surface area (Å²) in [4.78, 5) is 0. The lowest BCUT2D eigenvalue weighted by Crippen LogP contribution is -2.23. The molecule has 1 nitrogen and oxygen atoms in total. The Hall–Kier alpha value is -0.820. The molecule has 0 unspecified atom stereocenters. The zero-order valence-corrected chi connectivity index (χ0v) is 12.7. The van der Waals surface area contributed by atoms with E-state index < -0.39 is 0 Å². The zero-order valence-electron chi connectivity index (χ0n) is 12.7. The molecule has 0 aliphatic rings. The first-order chi connectivity index (χ1) is 7.99. The van der Waals surface area contributed by atoms with Gasteiger partial charge in [0.25, 0.3) is 0 Å². The van der Waals surface area contributed by atoms with Crippen molar-refractivity contribution in [2.75, 3.05) is 6.61 Å². The van der Waals surface area contributed by atoms with Gasteiger partial charge in [-0.25, -0.2) is 0 Å². The predicted molar refractivity (Wildman–Crippen MR) is 78.6 cm³/mol. The van der Waals surface area contributed by atoms with E-state index in [4.69, 9.17) is 0 Å². The number of aliphatic hydroxyl groups is 1.